The second kappa shape index (κ2) is 11.1. The number of aliphatic imine (C=N–C) groups is 1. The highest BCUT2D eigenvalue weighted by Crippen LogP contribution is 2.46. The maximum atomic E-state index is 12.9. The van der Waals surface area contributed by atoms with E-state index in [1.54, 1.807) is 4.68 Å². The van der Waals surface area contributed by atoms with Crippen LogP contribution in [-0.4, -0.2) is 59.1 Å². The molecule has 42 heavy (non-hydrogen) atoms. The molecule has 0 saturated carbocycles. The van der Waals surface area contributed by atoms with Crippen LogP contribution >= 0.6 is 0 Å². The van der Waals surface area contributed by atoms with Crippen LogP contribution in [0.2, 0.25) is 0 Å². The number of anilines is 2. The number of rotatable bonds is 8. The lowest BCUT2D eigenvalue weighted by Crippen LogP contribution is -2.49. The lowest BCUT2D eigenvalue weighted by atomic mass is 9.79. The average molecular weight is 599 g/mol. The summed E-state index contributed by atoms with van der Waals surface area (Å²) in [5.74, 6) is 1.23. The third-order valence-corrected chi connectivity index (χ3v) is 9.52. The first-order valence-electron chi connectivity index (χ1n) is 15.2. The van der Waals surface area contributed by atoms with E-state index in [4.69, 9.17) is 15.1 Å². The molecule has 2 aliphatic rings. The second-order valence-electron chi connectivity index (χ2n) is 14.6. The molecule has 1 atom stereocenters. The summed E-state index contributed by atoms with van der Waals surface area (Å²) in [5, 5.41) is 14.9. The van der Waals surface area contributed by atoms with Crippen molar-refractivity contribution < 1.29 is 13.5 Å². The molecule has 2 aromatic rings. The van der Waals surface area contributed by atoms with Crippen LogP contribution in [0.5, 0.6) is 0 Å². The number of aromatic nitrogens is 2. The molecule has 3 heterocycles. The number of hydrogen-bond acceptors (Lipinski definition) is 7. The van der Waals surface area contributed by atoms with Gasteiger partial charge in [0.05, 0.1) is 29.5 Å². The molecule has 9 nitrogen and oxygen atoms in total. The Kier molecular flexibility index (Phi) is 8.50. The minimum Gasteiger partial charge on any atom is -0.395 e. The van der Waals surface area contributed by atoms with Crippen LogP contribution in [0.25, 0.3) is 0 Å². The van der Waals surface area contributed by atoms with E-state index in [9.17, 15) is 13.5 Å². The molecule has 232 valence electrons. The van der Waals surface area contributed by atoms with Gasteiger partial charge in [0.2, 0.25) is 10.0 Å². The van der Waals surface area contributed by atoms with Crippen molar-refractivity contribution in [1.29, 1.82) is 0 Å². The van der Waals surface area contributed by atoms with Crippen LogP contribution in [0, 0.1) is 12.3 Å². The van der Waals surface area contributed by atoms with Gasteiger partial charge in [-0.3, -0.25) is 4.72 Å². The van der Waals surface area contributed by atoms with E-state index in [0.717, 1.165) is 35.5 Å². The normalized spacial score (nSPS) is 19.6. The molecule has 4 rings (SSSR count). The van der Waals surface area contributed by atoms with Crippen molar-refractivity contribution in [2.24, 2.45) is 15.5 Å². The lowest BCUT2D eigenvalue weighted by molar-refractivity contribution is 0.277. The number of nitrogens with one attached hydrogen (secondary N) is 1. The Balaban J connectivity index is 1.91. The quantitative estimate of drug-likeness (QED) is 0.360. The molecule has 10 heteroatoms. The van der Waals surface area contributed by atoms with Crippen molar-refractivity contribution in [2.45, 2.75) is 112 Å². The minimum atomic E-state index is -3.56. The Morgan fingerprint density at radius 1 is 1.14 bits per heavy atom. The van der Waals surface area contributed by atoms with E-state index in [0.29, 0.717) is 41.9 Å². The summed E-state index contributed by atoms with van der Waals surface area (Å²) in [7, 11) is -3.56. The number of benzene rings is 1. The van der Waals surface area contributed by atoms with Crippen LogP contribution in [-0.2, 0) is 15.4 Å². The van der Waals surface area contributed by atoms with Gasteiger partial charge < -0.3 is 10.0 Å². The van der Waals surface area contributed by atoms with Gasteiger partial charge in [-0.2, -0.15) is 5.10 Å². The zero-order valence-electron chi connectivity index (χ0n) is 27.4. The molecular weight excluding hydrogens is 548 g/mol. The summed E-state index contributed by atoms with van der Waals surface area (Å²) >= 11 is 0. The Morgan fingerprint density at radius 2 is 1.81 bits per heavy atom. The van der Waals surface area contributed by atoms with E-state index in [1.807, 2.05) is 27.7 Å². The highest BCUT2D eigenvalue weighted by atomic mass is 32.2. The van der Waals surface area contributed by atoms with Crippen LogP contribution in [0.1, 0.15) is 117 Å². The minimum absolute atomic E-state index is 0.0450. The number of hydrogen-bond donors (Lipinski definition) is 2. The van der Waals surface area contributed by atoms with Crippen LogP contribution in [0.15, 0.2) is 22.2 Å². The highest BCUT2D eigenvalue weighted by molar-refractivity contribution is 7.92. The molecule has 0 aliphatic carbocycles. The fourth-order valence-corrected chi connectivity index (χ4v) is 7.39. The first-order valence-corrected chi connectivity index (χ1v) is 16.8. The maximum Gasteiger partial charge on any atom is 0.233 e. The van der Waals surface area contributed by atoms with Gasteiger partial charge in [-0.15, -0.1) is 0 Å². The standard InChI is InChI=1S/C32H50N6O3S/c1-12-13-16-42(40,41)36-28-27(31(7,8)9)38-29(34-28)25(26(35-38)30(4,5)6)33-23-18-22-21(3)19-32(10,11)37(14-15-39)24(22)17-20(23)2/h17-18,21,36,39H,12-16,19H2,1-11H3. The third-order valence-electron chi connectivity index (χ3n) is 8.19. The fraction of sp³-hybridized carbons (Fsp3) is 0.656. The fourth-order valence-electron chi connectivity index (χ4n) is 6.19. The first kappa shape index (κ1) is 32.2. The van der Waals surface area contributed by atoms with E-state index in [-0.39, 0.29) is 23.3 Å². The van der Waals surface area contributed by atoms with Crippen molar-refractivity contribution in [1.82, 2.24) is 9.66 Å². The van der Waals surface area contributed by atoms with Gasteiger partial charge in [-0.25, -0.2) is 23.1 Å². The molecule has 0 amide bonds. The molecule has 0 fully saturated rings. The second-order valence-corrected chi connectivity index (χ2v) is 16.5. The smallest absolute Gasteiger partial charge is 0.233 e. The number of unbranched alkanes of at least 4 members (excludes halogenated alkanes) is 1. The number of nitrogens with zero attached hydrogens (tertiary/aromatic N) is 5. The van der Waals surface area contributed by atoms with E-state index in [1.165, 1.54) is 5.56 Å². The van der Waals surface area contributed by atoms with Gasteiger partial charge in [-0.1, -0.05) is 61.8 Å². The van der Waals surface area contributed by atoms with Crippen molar-refractivity contribution in [3.63, 3.8) is 0 Å². The number of fused-ring (bicyclic) bond motifs is 2. The number of β-amino-alcohol motifs (C(OH)–C–C–N with tert-alkyl or cyclic N) is 1. The molecule has 0 saturated heterocycles. The molecule has 2 aliphatic heterocycles. The topological polar surface area (TPSA) is 112 Å². The molecule has 0 spiro atoms. The molecule has 1 unspecified atom stereocenters. The maximum absolute atomic E-state index is 12.9. The number of sulfonamides is 1. The predicted molar refractivity (Wildman–Crippen MR) is 174 cm³/mol. The van der Waals surface area contributed by atoms with E-state index < -0.39 is 15.4 Å². The summed E-state index contributed by atoms with van der Waals surface area (Å²) in [6.45, 7) is 23.9. The Bertz CT molecular complexity index is 1520. The zero-order chi connectivity index (χ0) is 31.4. The van der Waals surface area contributed by atoms with Gasteiger partial charge in [0.1, 0.15) is 5.71 Å². The average Bonchev–Trinajstić information content (AvgIpc) is 3.36. The number of imidazole rings is 1. The van der Waals surface area contributed by atoms with Gasteiger partial charge in [0.15, 0.2) is 11.6 Å². The summed E-state index contributed by atoms with van der Waals surface area (Å²) in [5.41, 5.74) is 5.56. The van der Waals surface area contributed by atoms with Crippen molar-refractivity contribution in [3.8, 4) is 0 Å². The van der Waals surface area contributed by atoms with Crippen molar-refractivity contribution in [3.05, 3.63) is 34.8 Å². The van der Waals surface area contributed by atoms with Crippen LogP contribution < -0.4 is 9.62 Å². The van der Waals surface area contributed by atoms with Gasteiger partial charge in [-0.05, 0) is 62.8 Å². The molecule has 0 radical (unpaired) electrons. The van der Waals surface area contributed by atoms with E-state index >= 15 is 0 Å². The van der Waals surface area contributed by atoms with Crippen molar-refractivity contribution >= 4 is 38.6 Å². The van der Waals surface area contributed by atoms with Gasteiger partial charge >= 0.3 is 0 Å². The lowest BCUT2D eigenvalue weighted by Gasteiger charge is -2.47. The number of aliphatic hydroxyl groups is 1. The number of aliphatic hydroxyl groups excluding tert-OH is 1. The van der Waals surface area contributed by atoms with Crippen LogP contribution in [0.4, 0.5) is 17.2 Å². The largest absolute Gasteiger partial charge is 0.395 e. The summed E-state index contributed by atoms with van der Waals surface area (Å²) in [4.78, 5) is 12.4. The zero-order valence-corrected chi connectivity index (χ0v) is 28.2. The van der Waals surface area contributed by atoms with E-state index in [2.05, 4.69) is 70.2 Å². The summed E-state index contributed by atoms with van der Waals surface area (Å²) in [6.07, 6.45) is 2.33. The monoisotopic (exact) mass is 598 g/mol. The Hall–Kier alpha value is -2.72. The van der Waals surface area contributed by atoms with Crippen molar-refractivity contribution in [2.75, 3.05) is 28.5 Å². The third kappa shape index (κ3) is 6.16. The molecule has 1 aromatic heterocycles. The van der Waals surface area contributed by atoms with Gasteiger partial charge in [0, 0.05) is 28.6 Å². The molecule has 1 aromatic carbocycles. The summed E-state index contributed by atoms with van der Waals surface area (Å²) in [6, 6.07) is 4.36. The SMILES string of the molecule is CCCCS(=O)(=O)Nc1nc2n(c1C(C)(C)C)N=C(C(C)(C)C)C2=Nc1cc2c(cc1C)N(CCO)C(C)(C)CC2C. The summed E-state index contributed by atoms with van der Waals surface area (Å²) < 4.78 is 30.5. The first-order chi connectivity index (χ1) is 19.3. The predicted octanol–water partition coefficient (Wildman–Crippen LogP) is 6.50. The Labute approximate surface area is 252 Å². The highest BCUT2D eigenvalue weighted by Gasteiger charge is 2.40. The van der Waals surface area contributed by atoms with Gasteiger partial charge in [0.25, 0.3) is 0 Å². The molecule has 0 bridgehead atoms. The molecular formula is C32H50N6O3S. The number of aryl methyl sites for hydroxylation is 1. The molecule has 2 N–H and O–H groups in total. The Morgan fingerprint density at radius 3 is 2.38 bits per heavy atom. The van der Waals surface area contributed by atoms with Crippen LogP contribution in [0.3, 0.4) is 0 Å².